The van der Waals surface area contributed by atoms with Gasteiger partial charge in [0.1, 0.15) is 6.33 Å². The Morgan fingerprint density at radius 3 is 2.81 bits per heavy atom. The summed E-state index contributed by atoms with van der Waals surface area (Å²) < 4.78 is 7.52. The number of nitrogens with one attached hydrogen (secondary N) is 1. The van der Waals surface area contributed by atoms with Crippen molar-refractivity contribution in [2.75, 3.05) is 19.0 Å². The Hall–Kier alpha value is -2.18. The van der Waals surface area contributed by atoms with Crippen LogP contribution in [0.3, 0.4) is 0 Å². The second kappa shape index (κ2) is 6.51. The normalized spacial score (nSPS) is 15.9. The van der Waals surface area contributed by atoms with Gasteiger partial charge >= 0.3 is 6.01 Å². The summed E-state index contributed by atoms with van der Waals surface area (Å²) >= 11 is 0. The standard InChI is InChI=1S/C14H20N6O/c1-15-12-17-13(20-8-7-16-10-20)19-14(18-12)21-9-11-5-3-2-4-6-11/h7-8,10-11H,2-6,9H2,1H3,(H,15,17,18,19). The Morgan fingerprint density at radius 1 is 1.24 bits per heavy atom. The maximum atomic E-state index is 5.79. The number of rotatable bonds is 5. The highest BCUT2D eigenvalue weighted by atomic mass is 16.5. The van der Waals surface area contributed by atoms with Crippen molar-refractivity contribution in [1.29, 1.82) is 0 Å². The van der Waals surface area contributed by atoms with Crippen LogP contribution in [0.4, 0.5) is 5.95 Å². The van der Waals surface area contributed by atoms with Crippen LogP contribution in [0, 0.1) is 5.92 Å². The molecule has 0 saturated heterocycles. The van der Waals surface area contributed by atoms with E-state index in [9.17, 15) is 0 Å². The highest BCUT2D eigenvalue weighted by molar-refractivity contribution is 5.29. The van der Waals surface area contributed by atoms with E-state index in [0.717, 1.165) is 0 Å². The quantitative estimate of drug-likeness (QED) is 0.907. The molecule has 1 aliphatic rings. The van der Waals surface area contributed by atoms with Crippen molar-refractivity contribution in [3.63, 3.8) is 0 Å². The Morgan fingerprint density at radius 2 is 2.10 bits per heavy atom. The molecule has 1 saturated carbocycles. The molecule has 1 N–H and O–H groups in total. The van der Waals surface area contributed by atoms with E-state index in [2.05, 4.69) is 25.3 Å². The Kier molecular flexibility index (Phi) is 4.28. The van der Waals surface area contributed by atoms with Gasteiger partial charge in [0.05, 0.1) is 6.61 Å². The summed E-state index contributed by atoms with van der Waals surface area (Å²) in [6.07, 6.45) is 11.5. The number of anilines is 1. The molecule has 0 spiro atoms. The summed E-state index contributed by atoms with van der Waals surface area (Å²) in [6.45, 7) is 0.677. The van der Waals surface area contributed by atoms with Gasteiger partial charge in [-0.1, -0.05) is 19.3 Å². The van der Waals surface area contributed by atoms with Gasteiger partial charge in [0.25, 0.3) is 0 Å². The number of hydrogen-bond acceptors (Lipinski definition) is 6. The van der Waals surface area contributed by atoms with Crippen LogP contribution in [0.1, 0.15) is 32.1 Å². The smallest absolute Gasteiger partial charge is 0.323 e. The number of aromatic nitrogens is 5. The molecular weight excluding hydrogens is 268 g/mol. The molecule has 0 aromatic carbocycles. The summed E-state index contributed by atoms with van der Waals surface area (Å²) in [6, 6.07) is 0.364. The lowest BCUT2D eigenvalue weighted by Gasteiger charge is -2.21. The molecule has 0 aliphatic heterocycles. The molecule has 1 aliphatic carbocycles. The van der Waals surface area contributed by atoms with Gasteiger partial charge in [0.2, 0.25) is 11.9 Å². The summed E-state index contributed by atoms with van der Waals surface area (Å²) in [4.78, 5) is 16.9. The van der Waals surface area contributed by atoms with E-state index < -0.39 is 0 Å². The molecule has 2 heterocycles. The van der Waals surface area contributed by atoms with Crippen molar-refractivity contribution in [2.45, 2.75) is 32.1 Å². The molecule has 2 aromatic rings. The Balaban J connectivity index is 1.73. The average molecular weight is 288 g/mol. The molecule has 3 rings (SSSR count). The number of imidazole rings is 1. The zero-order valence-electron chi connectivity index (χ0n) is 12.2. The third-order valence-corrected chi connectivity index (χ3v) is 3.73. The molecule has 1 fully saturated rings. The van der Waals surface area contributed by atoms with E-state index in [4.69, 9.17) is 4.74 Å². The highest BCUT2D eigenvalue weighted by Crippen LogP contribution is 2.24. The third kappa shape index (κ3) is 3.48. The fraction of sp³-hybridized carbons (Fsp3) is 0.571. The van der Waals surface area contributed by atoms with E-state index in [1.807, 2.05) is 0 Å². The predicted octanol–water partition coefficient (Wildman–Crippen LogP) is 2.06. The fourth-order valence-corrected chi connectivity index (χ4v) is 2.56. The van der Waals surface area contributed by atoms with E-state index in [0.29, 0.717) is 30.4 Å². The van der Waals surface area contributed by atoms with E-state index in [-0.39, 0.29) is 0 Å². The molecule has 0 unspecified atom stereocenters. The Bertz CT molecular complexity index is 565. The molecule has 21 heavy (non-hydrogen) atoms. The van der Waals surface area contributed by atoms with Gasteiger partial charge in [-0.3, -0.25) is 4.57 Å². The average Bonchev–Trinajstić information content (AvgIpc) is 3.08. The monoisotopic (exact) mass is 288 g/mol. The second-order valence-electron chi connectivity index (χ2n) is 5.28. The Labute approximate surface area is 123 Å². The molecule has 0 bridgehead atoms. The van der Waals surface area contributed by atoms with Crippen LogP contribution in [0.15, 0.2) is 18.7 Å². The maximum absolute atomic E-state index is 5.79. The van der Waals surface area contributed by atoms with E-state index in [1.165, 1.54) is 32.1 Å². The van der Waals surface area contributed by atoms with Crippen molar-refractivity contribution in [3.8, 4) is 12.0 Å². The maximum Gasteiger partial charge on any atom is 0.323 e. The largest absolute Gasteiger partial charge is 0.463 e. The van der Waals surface area contributed by atoms with Gasteiger partial charge in [0.15, 0.2) is 0 Å². The van der Waals surface area contributed by atoms with Crippen molar-refractivity contribution in [2.24, 2.45) is 5.92 Å². The van der Waals surface area contributed by atoms with Crippen molar-refractivity contribution >= 4 is 5.95 Å². The summed E-state index contributed by atoms with van der Waals surface area (Å²) in [7, 11) is 1.78. The molecule has 0 atom stereocenters. The molecule has 7 heteroatoms. The van der Waals surface area contributed by atoms with Crippen LogP contribution in [0.5, 0.6) is 6.01 Å². The van der Waals surface area contributed by atoms with Gasteiger partial charge in [-0.15, -0.1) is 0 Å². The van der Waals surface area contributed by atoms with Crippen molar-refractivity contribution in [3.05, 3.63) is 18.7 Å². The van der Waals surface area contributed by atoms with Crippen LogP contribution in [-0.2, 0) is 0 Å². The summed E-state index contributed by atoms with van der Waals surface area (Å²) in [5, 5.41) is 2.93. The molecular formula is C14H20N6O. The summed E-state index contributed by atoms with van der Waals surface area (Å²) in [5.41, 5.74) is 0. The molecule has 7 nitrogen and oxygen atoms in total. The minimum Gasteiger partial charge on any atom is -0.463 e. The lowest BCUT2D eigenvalue weighted by Crippen LogP contribution is -2.17. The van der Waals surface area contributed by atoms with Crippen LogP contribution in [0.25, 0.3) is 5.95 Å². The first-order chi connectivity index (χ1) is 10.3. The van der Waals surface area contributed by atoms with Crippen LogP contribution < -0.4 is 10.1 Å². The first-order valence-corrected chi connectivity index (χ1v) is 7.40. The summed E-state index contributed by atoms with van der Waals surface area (Å²) in [5.74, 6) is 1.61. The number of hydrogen-bond donors (Lipinski definition) is 1. The molecule has 2 aromatic heterocycles. The molecule has 0 amide bonds. The fourth-order valence-electron chi connectivity index (χ4n) is 2.56. The van der Waals surface area contributed by atoms with Gasteiger partial charge < -0.3 is 10.1 Å². The second-order valence-corrected chi connectivity index (χ2v) is 5.28. The lowest BCUT2D eigenvalue weighted by atomic mass is 9.90. The van der Waals surface area contributed by atoms with E-state index in [1.54, 1.807) is 30.3 Å². The van der Waals surface area contributed by atoms with Crippen molar-refractivity contribution < 1.29 is 4.74 Å². The lowest BCUT2D eigenvalue weighted by molar-refractivity contribution is 0.196. The van der Waals surface area contributed by atoms with Gasteiger partial charge in [-0.2, -0.15) is 15.0 Å². The minimum atomic E-state index is 0.364. The minimum absolute atomic E-state index is 0.364. The SMILES string of the molecule is CNc1nc(OCC2CCCCC2)nc(-n2ccnc2)n1. The molecule has 0 radical (unpaired) electrons. The number of nitrogens with zero attached hydrogens (tertiary/aromatic N) is 5. The highest BCUT2D eigenvalue weighted by Gasteiger charge is 2.15. The van der Waals surface area contributed by atoms with Crippen LogP contribution >= 0.6 is 0 Å². The number of ether oxygens (including phenoxy) is 1. The van der Waals surface area contributed by atoms with Crippen LogP contribution in [0.2, 0.25) is 0 Å². The van der Waals surface area contributed by atoms with Gasteiger partial charge in [-0.25, -0.2) is 4.98 Å². The van der Waals surface area contributed by atoms with Gasteiger partial charge in [0, 0.05) is 19.4 Å². The van der Waals surface area contributed by atoms with Gasteiger partial charge in [-0.05, 0) is 18.8 Å². The first kappa shape index (κ1) is 13.8. The molecule has 112 valence electrons. The zero-order chi connectivity index (χ0) is 14.5. The third-order valence-electron chi connectivity index (χ3n) is 3.73. The van der Waals surface area contributed by atoms with E-state index >= 15 is 0 Å². The zero-order valence-corrected chi connectivity index (χ0v) is 12.2. The van der Waals surface area contributed by atoms with Crippen molar-refractivity contribution in [1.82, 2.24) is 24.5 Å². The van der Waals surface area contributed by atoms with Crippen LogP contribution in [-0.4, -0.2) is 38.2 Å². The predicted molar refractivity (Wildman–Crippen MR) is 78.6 cm³/mol. The first-order valence-electron chi connectivity index (χ1n) is 7.40. The topological polar surface area (TPSA) is 77.8 Å².